The zero-order valence-electron chi connectivity index (χ0n) is 8.47. The van der Waals surface area contributed by atoms with E-state index in [-0.39, 0.29) is 12.3 Å². The molecule has 0 atom stereocenters. The highest BCUT2D eigenvalue weighted by atomic mass is 19.4. The van der Waals surface area contributed by atoms with E-state index < -0.39 is 17.2 Å². The van der Waals surface area contributed by atoms with Crippen LogP contribution in [0.4, 0.5) is 13.2 Å². The molecule has 0 bridgehead atoms. The number of nitrogens with zero attached hydrogens (tertiary/aromatic N) is 1. The van der Waals surface area contributed by atoms with Gasteiger partial charge in [0.05, 0.1) is 12.2 Å². The molecule has 0 saturated carbocycles. The number of aliphatic hydroxyl groups is 1. The van der Waals surface area contributed by atoms with Crippen molar-refractivity contribution in [3.8, 4) is 0 Å². The van der Waals surface area contributed by atoms with Gasteiger partial charge < -0.3 is 5.11 Å². The third-order valence-electron chi connectivity index (χ3n) is 2.18. The molecule has 0 radical (unpaired) electrons. The number of aromatic nitrogens is 1. The van der Waals surface area contributed by atoms with Gasteiger partial charge in [0.15, 0.2) is 0 Å². The summed E-state index contributed by atoms with van der Waals surface area (Å²) in [5, 5.41) is 9.02. The maximum Gasteiger partial charge on any atom is 0.416 e. The second-order valence-electron chi connectivity index (χ2n) is 3.97. The second-order valence-corrected chi connectivity index (χ2v) is 3.97. The Morgan fingerprint density at radius 3 is 2.40 bits per heavy atom. The molecule has 0 unspecified atom stereocenters. The van der Waals surface area contributed by atoms with Crippen LogP contribution in [0, 0.1) is 0 Å². The van der Waals surface area contributed by atoms with Crippen molar-refractivity contribution in [1.29, 1.82) is 0 Å². The van der Waals surface area contributed by atoms with Crippen molar-refractivity contribution in [2.75, 3.05) is 6.61 Å². The summed E-state index contributed by atoms with van der Waals surface area (Å²) in [5.74, 6) is 0. The normalized spacial score (nSPS) is 12.9. The third-order valence-corrected chi connectivity index (χ3v) is 2.18. The standard InChI is InChI=1S/C10H12F3NO/c1-9(2,6-15)8-5-7(3-4-14-8)10(11,12)13/h3-5,15H,6H2,1-2H3. The molecule has 1 N–H and O–H groups in total. The molecule has 15 heavy (non-hydrogen) atoms. The molecule has 1 rings (SSSR count). The Bertz CT molecular complexity index is 347. The second kappa shape index (κ2) is 3.81. The van der Waals surface area contributed by atoms with E-state index in [1.165, 1.54) is 0 Å². The van der Waals surface area contributed by atoms with E-state index in [9.17, 15) is 13.2 Å². The van der Waals surface area contributed by atoms with Crippen LogP contribution in [0.2, 0.25) is 0 Å². The summed E-state index contributed by atoms with van der Waals surface area (Å²) in [5.41, 5.74) is -1.27. The topological polar surface area (TPSA) is 33.1 Å². The molecule has 2 nitrogen and oxygen atoms in total. The van der Waals surface area contributed by atoms with Crippen LogP contribution in [0.15, 0.2) is 18.3 Å². The molecule has 0 spiro atoms. The van der Waals surface area contributed by atoms with Gasteiger partial charge in [0, 0.05) is 17.3 Å². The molecular weight excluding hydrogens is 207 g/mol. The highest BCUT2D eigenvalue weighted by molar-refractivity contribution is 5.24. The lowest BCUT2D eigenvalue weighted by Gasteiger charge is -2.21. The van der Waals surface area contributed by atoms with Crippen molar-refractivity contribution in [2.45, 2.75) is 25.4 Å². The molecule has 0 aromatic carbocycles. The number of alkyl halides is 3. The SMILES string of the molecule is CC(C)(CO)c1cc(C(F)(F)F)ccn1. The van der Waals surface area contributed by atoms with Gasteiger partial charge in [-0.1, -0.05) is 13.8 Å². The first-order chi connectivity index (χ1) is 6.77. The van der Waals surface area contributed by atoms with Gasteiger partial charge >= 0.3 is 6.18 Å². The van der Waals surface area contributed by atoms with E-state index in [1.807, 2.05) is 0 Å². The predicted molar refractivity (Wildman–Crippen MR) is 49.4 cm³/mol. The fourth-order valence-corrected chi connectivity index (χ4v) is 1.06. The van der Waals surface area contributed by atoms with E-state index in [0.717, 1.165) is 18.3 Å². The predicted octanol–water partition coefficient (Wildman–Crippen LogP) is 2.37. The molecule has 1 aromatic heterocycles. The highest BCUT2D eigenvalue weighted by Crippen LogP contribution is 2.31. The Kier molecular flexibility index (Phi) is 3.04. The summed E-state index contributed by atoms with van der Waals surface area (Å²) in [6.07, 6.45) is -3.27. The monoisotopic (exact) mass is 219 g/mol. The summed E-state index contributed by atoms with van der Waals surface area (Å²) in [6, 6.07) is 1.88. The van der Waals surface area contributed by atoms with Gasteiger partial charge in [-0.2, -0.15) is 13.2 Å². The maximum atomic E-state index is 12.4. The average molecular weight is 219 g/mol. The van der Waals surface area contributed by atoms with E-state index in [4.69, 9.17) is 5.11 Å². The van der Waals surface area contributed by atoms with Gasteiger partial charge in [-0.25, -0.2) is 0 Å². The number of rotatable bonds is 2. The van der Waals surface area contributed by atoms with Gasteiger partial charge in [-0.05, 0) is 12.1 Å². The van der Waals surface area contributed by atoms with Crippen molar-refractivity contribution in [3.05, 3.63) is 29.6 Å². The molecule has 0 aliphatic carbocycles. The minimum Gasteiger partial charge on any atom is -0.395 e. The number of halogens is 3. The average Bonchev–Trinajstić information content (AvgIpc) is 2.17. The molecule has 5 heteroatoms. The smallest absolute Gasteiger partial charge is 0.395 e. The van der Waals surface area contributed by atoms with Crippen LogP contribution in [0.5, 0.6) is 0 Å². The van der Waals surface area contributed by atoms with Gasteiger partial charge in [0.2, 0.25) is 0 Å². The molecule has 0 amide bonds. The zero-order chi connectivity index (χ0) is 11.7. The van der Waals surface area contributed by atoms with Crippen LogP contribution in [0.25, 0.3) is 0 Å². The lowest BCUT2D eigenvalue weighted by molar-refractivity contribution is -0.137. The van der Waals surface area contributed by atoms with Crippen LogP contribution in [-0.2, 0) is 11.6 Å². The molecule has 0 fully saturated rings. The Hall–Kier alpha value is -1.10. The first-order valence-electron chi connectivity index (χ1n) is 4.42. The summed E-state index contributed by atoms with van der Waals surface area (Å²) in [4.78, 5) is 3.84. The molecule has 84 valence electrons. The summed E-state index contributed by atoms with van der Waals surface area (Å²) in [7, 11) is 0. The zero-order valence-corrected chi connectivity index (χ0v) is 8.47. The molecule has 0 aliphatic heterocycles. The summed E-state index contributed by atoms with van der Waals surface area (Å²) in [6.45, 7) is 3.02. The van der Waals surface area contributed by atoms with Gasteiger partial charge in [0.25, 0.3) is 0 Å². The summed E-state index contributed by atoms with van der Waals surface area (Å²) < 4.78 is 37.1. The van der Waals surface area contributed by atoms with E-state index in [1.54, 1.807) is 13.8 Å². The number of pyridine rings is 1. The number of hydrogen-bond donors (Lipinski definition) is 1. The molecule has 1 aromatic rings. The van der Waals surface area contributed by atoms with Crippen LogP contribution >= 0.6 is 0 Å². The van der Waals surface area contributed by atoms with Crippen molar-refractivity contribution >= 4 is 0 Å². The Morgan fingerprint density at radius 2 is 1.93 bits per heavy atom. The maximum absolute atomic E-state index is 12.4. The molecule has 1 heterocycles. The minimum atomic E-state index is -4.37. The van der Waals surface area contributed by atoms with Crippen molar-refractivity contribution in [3.63, 3.8) is 0 Å². The van der Waals surface area contributed by atoms with E-state index in [0.29, 0.717) is 0 Å². The Labute approximate surface area is 85.8 Å². The minimum absolute atomic E-state index is 0.236. The van der Waals surface area contributed by atoms with Crippen LogP contribution < -0.4 is 0 Å². The van der Waals surface area contributed by atoms with Crippen LogP contribution in [0.3, 0.4) is 0 Å². The molecule has 0 saturated heterocycles. The lowest BCUT2D eigenvalue weighted by atomic mass is 9.89. The largest absolute Gasteiger partial charge is 0.416 e. The van der Waals surface area contributed by atoms with Crippen molar-refractivity contribution < 1.29 is 18.3 Å². The van der Waals surface area contributed by atoms with Crippen molar-refractivity contribution in [1.82, 2.24) is 4.98 Å². The quantitative estimate of drug-likeness (QED) is 0.828. The first-order valence-corrected chi connectivity index (χ1v) is 4.42. The number of aliphatic hydroxyl groups excluding tert-OH is 1. The first kappa shape index (κ1) is 12.0. The van der Waals surface area contributed by atoms with Gasteiger partial charge in [0.1, 0.15) is 0 Å². The fourth-order valence-electron chi connectivity index (χ4n) is 1.06. The summed E-state index contributed by atoms with van der Waals surface area (Å²) >= 11 is 0. The Balaban J connectivity index is 3.14. The fraction of sp³-hybridized carbons (Fsp3) is 0.500. The lowest BCUT2D eigenvalue weighted by Crippen LogP contribution is -2.24. The molecular formula is C10H12F3NO. The Morgan fingerprint density at radius 1 is 1.33 bits per heavy atom. The highest BCUT2D eigenvalue weighted by Gasteiger charge is 2.32. The molecule has 0 aliphatic rings. The number of hydrogen-bond acceptors (Lipinski definition) is 2. The van der Waals surface area contributed by atoms with Crippen LogP contribution in [-0.4, -0.2) is 16.7 Å². The van der Waals surface area contributed by atoms with Gasteiger partial charge in [-0.15, -0.1) is 0 Å². The van der Waals surface area contributed by atoms with Gasteiger partial charge in [-0.3, -0.25) is 4.98 Å². The van der Waals surface area contributed by atoms with Crippen molar-refractivity contribution in [2.24, 2.45) is 0 Å². The van der Waals surface area contributed by atoms with E-state index >= 15 is 0 Å². The third kappa shape index (κ3) is 2.68. The van der Waals surface area contributed by atoms with E-state index in [2.05, 4.69) is 4.98 Å². The van der Waals surface area contributed by atoms with Crippen LogP contribution in [0.1, 0.15) is 25.1 Å².